The van der Waals surface area contributed by atoms with Crippen molar-refractivity contribution in [2.24, 2.45) is 0 Å². The molecule has 0 aliphatic carbocycles. The van der Waals surface area contributed by atoms with Crippen molar-refractivity contribution in [3.8, 4) is 0 Å². The highest BCUT2D eigenvalue weighted by atomic mass is 16.3. The number of fused-ring (bicyclic) bond motifs is 1. The number of hydrogen-bond acceptors (Lipinski definition) is 2. The van der Waals surface area contributed by atoms with Crippen molar-refractivity contribution in [1.29, 1.82) is 0 Å². The Bertz CT molecular complexity index is 353. The van der Waals surface area contributed by atoms with Gasteiger partial charge in [-0.15, -0.1) is 0 Å². The molecule has 0 amide bonds. The molecule has 56 valence electrons. The average Bonchev–Trinajstić information content (AvgIpc) is 2.36. The SMILES string of the molecule is Cc1cc2ccoc2cc1N. The van der Waals surface area contributed by atoms with Crippen LogP contribution in [0.25, 0.3) is 11.0 Å². The first-order valence-corrected chi connectivity index (χ1v) is 3.51. The third-order valence-corrected chi connectivity index (χ3v) is 1.84. The van der Waals surface area contributed by atoms with E-state index in [9.17, 15) is 0 Å². The predicted octanol–water partition coefficient (Wildman–Crippen LogP) is 2.32. The normalized spacial score (nSPS) is 10.6. The van der Waals surface area contributed by atoms with Gasteiger partial charge in [0.25, 0.3) is 0 Å². The number of furan rings is 1. The first-order chi connectivity index (χ1) is 5.27. The number of benzene rings is 1. The Kier molecular flexibility index (Phi) is 1.15. The lowest BCUT2D eigenvalue weighted by Gasteiger charge is -1.97. The molecule has 2 aromatic rings. The van der Waals surface area contributed by atoms with Gasteiger partial charge in [-0.2, -0.15) is 0 Å². The second-order valence-corrected chi connectivity index (χ2v) is 2.67. The standard InChI is InChI=1S/C9H9NO/c1-6-4-7-2-3-11-9(7)5-8(6)10/h2-5H,10H2,1H3. The predicted molar refractivity (Wildman–Crippen MR) is 45.4 cm³/mol. The molecule has 0 bridgehead atoms. The van der Waals surface area contributed by atoms with Crippen molar-refractivity contribution in [1.82, 2.24) is 0 Å². The van der Waals surface area contributed by atoms with Crippen LogP contribution in [0.1, 0.15) is 5.56 Å². The third kappa shape index (κ3) is 0.871. The molecule has 2 N–H and O–H groups in total. The maximum atomic E-state index is 5.69. The van der Waals surface area contributed by atoms with Crippen LogP contribution in [0.5, 0.6) is 0 Å². The summed E-state index contributed by atoms with van der Waals surface area (Å²) in [5.41, 5.74) is 8.42. The monoisotopic (exact) mass is 147 g/mol. The quantitative estimate of drug-likeness (QED) is 0.581. The number of nitrogens with two attached hydrogens (primary N) is 1. The van der Waals surface area contributed by atoms with Crippen LogP contribution >= 0.6 is 0 Å². The minimum atomic E-state index is 0.785. The van der Waals surface area contributed by atoms with Gasteiger partial charge in [-0.1, -0.05) is 0 Å². The molecular weight excluding hydrogens is 138 g/mol. The van der Waals surface area contributed by atoms with Crippen molar-refractivity contribution in [3.63, 3.8) is 0 Å². The Balaban J connectivity index is 2.86. The van der Waals surface area contributed by atoms with Gasteiger partial charge in [-0.25, -0.2) is 0 Å². The molecule has 1 aromatic heterocycles. The smallest absolute Gasteiger partial charge is 0.135 e. The Morgan fingerprint density at radius 2 is 2.18 bits per heavy atom. The summed E-state index contributed by atoms with van der Waals surface area (Å²) in [4.78, 5) is 0. The molecule has 1 heterocycles. The molecule has 1 aromatic carbocycles. The van der Waals surface area contributed by atoms with Crippen molar-refractivity contribution in [2.75, 3.05) is 5.73 Å². The fraction of sp³-hybridized carbons (Fsp3) is 0.111. The largest absolute Gasteiger partial charge is 0.464 e. The van der Waals surface area contributed by atoms with Gasteiger partial charge in [0, 0.05) is 17.1 Å². The summed E-state index contributed by atoms with van der Waals surface area (Å²) >= 11 is 0. The highest BCUT2D eigenvalue weighted by molar-refractivity contribution is 5.81. The van der Waals surface area contributed by atoms with Gasteiger partial charge in [0.2, 0.25) is 0 Å². The van der Waals surface area contributed by atoms with Gasteiger partial charge < -0.3 is 10.2 Å². The Labute approximate surface area is 64.6 Å². The lowest BCUT2D eigenvalue weighted by Crippen LogP contribution is -1.87. The molecule has 2 rings (SSSR count). The summed E-state index contributed by atoms with van der Waals surface area (Å²) in [5, 5.41) is 1.11. The maximum Gasteiger partial charge on any atom is 0.135 e. The molecule has 0 radical (unpaired) electrons. The highest BCUT2D eigenvalue weighted by Gasteiger charge is 1.99. The van der Waals surface area contributed by atoms with E-state index >= 15 is 0 Å². The van der Waals surface area contributed by atoms with E-state index in [0.29, 0.717) is 0 Å². The lowest BCUT2D eigenvalue weighted by atomic mass is 10.1. The number of rotatable bonds is 0. The van der Waals surface area contributed by atoms with Crippen LogP contribution in [0, 0.1) is 6.92 Å². The molecule has 2 nitrogen and oxygen atoms in total. The molecule has 0 spiro atoms. The van der Waals surface area contributed by atoms with E-state index in [1.165, 1.54) is 0 Å². The second kappa shape index (κ2) is 2.02. The average molecular weight is 147 g/mol. The molecule has 2 heteroatoms. The molecule has 11 heavy (non-hydrogen) atoms. The zero-order valence-corrected chi connectivity index (χ0v) is 6.29. The summed E-state index contributed by atoms with van der Waals surface area (Å²) in [6.07, 6.45) is 1.67. The Morgan fingerprint density at radius 1 is 1.36 bits per heavy atom. The molecule has 0 fully saturated rings. The van der Waals surface area contributed by atoms with Crippen molar-refractivity contribution < 1.29 is 4.42 Å². The van der Waals surface area contributed by atoms with Crippen molar-refractivity contribution in [3.05, 3.63) is 30.0 Å². The van der Waals surface area contributed by atoms with Crippen LogP contribution in [0.2, 0.25) is 0 Å². The van der Waals surface area contributed by atoms with Crippen LogP contribution in [-0.4, -0.2) is 0 Å². The topological polar surface area (TPSA) is 39.2 Å². The van der Waals surface area contributed by atoms with Crippen LogP contribution < -0.4 is 5.73 Å². The van der Waals surface area contributed by atoms with Gasteiger partial charge in [0.15, 0.2) is 0 Å². The molecule has 0 atom stereocenters. The summed E-state index contributed by atoms with van der Waals surface area (Å²) in [6, 6.07) is 5.81. The molecular formula is C9H9NO. The fourth-order valence-electron chi connectivity index (χ4n) is 1.14. The van der Waals surface area contributed by atoms with E-state index in [2.05, 4.69) is 0 Å². The second-order valence-electron chi connectivity index (χ2n) is 2.67. The Morgan fingerprint density at radius 3 is 3.00 bits per heavy atom. The molecule has 0 saturated carbocycles. The summed E-state index contributed by atoms with van der Waals surface area (Å²) in [6.45, 7) is 1.99. The lowest BCUT2D eigenvalue weighted by molar-refractivity contribution is 0.616. The molecule has 0 aliphatic heterocycles. The van der Waals surface area contributed by atoms with Gasteiger partial charge in [-0.05, 0) is 24.6 Å². The summed E-state index contributed by atoms with van der Waals surface area (Å²) in [5.74, 6) is 0. The van der Waals surface area contributed by atoms with E-state index in [1.807, 2.05) is 25.1 Å². The van der Waals surface area contributed by atoms with Gasteiger partial charge in [0.1, 0.15) is 5.58 Å². The first-order valence-electron chi connectivity index (χ1n) is 3.51. The van der Waals surface area contributed by atoms with E-state index in [4.69, 9.17) is 10.2 Å². The first kappa shape index (κ1) is 6.28. The third-order valence-electron chi connectivity index (χ3n) is 1.84. The van der Waals surface area contributed by atoms with Crippen LogP contribution in [-0.2, 0) is 0 Å². The number of anilines is 1. The van der Waals surface area contributed by atoms with Crippen LogP contribution in [0.3, 0.4) is 0 Å². The van der Waals surface area contributed by atoms with Crippen molar-refractivity contribution >= 4 is 16.7 Å². The Hall–Kier alpha value is -1.44. The minimum Gasteiger partial charge on any atom is -0.464 e. The summed E-state index contributed by atoms with van der Waals surface area (Å²) < 4.78 is 5.17. The van der Waals surface area contributed by atoms with Gasteiger partial charge >= 0.3 is 0 Å². The number of nitrogen functional groups attached to an aromatic ring is 1. The van der Waals surface area contributed by atoms with Gasteiger partial charge in [0.05, 0.1) is 6.26 Å². The van der Waals surface area contributed by atoms with Gasteiger partial charge in [-0.3, -0.25) is 0 Å². The van der Waals surface area contributed by atoms with E-state index < -0.39 is 0 Å². The molecule has 0 unspecified atom stereocenters. The summed E-state index contributed by atoms with van der Waals surface area (Å²) in [7, 11) is 0. The highest BCUT2D eigenvalue weighted by Crippen LogP contribution is 2.21. The molecule has 0 saturated heterocycles. The van der Waals surface area contributed by atoms with Crippen LogP contribution in [0.15, 0.2) is 28.9 Å². The zero-order chi connectivity index (χ0) is 7.84. The van der Waals surface area contributed by atoms with Crippen molar-refractivity contribution in [2.45, 2.75) is 6.92 Å². The fourth-order valence-corrected chi connectivity index (χ4v) is 1.14. The van der Waals surface area contributed by atoms with Crippen LogP contribution in [0.4, 0.5) is 5.69 Å². The number of aryl methyl sites for hydroxylation is 1. The van der Waals surface area contributed by atoms with E-state index in [1.54, 1.807) is 6.26 Å². The maximum absolute atomic E-state index is 5.69. The van der Waals surface area contributed by atoms with E-state index in [0.717, 1.165) is 22.2 Å². The minimum absolute atomic E-state index is 0.785. The zero-order valence-electron chi connectivity index (χ0n) is 6.29. The number of hydrogen-bond donors (Lipinski definition) is 1. The van der Waals surface area contributed by atoms with E-state index in [-0.39, 0.29) is 0 Å². The molecule has 0 aliphatic rings.